The van der Waals surface area contributed by atoms with E-state index in [9.17, 15) is 4.79 Å². The first-order valence-electron chi connectivity index (χ1n) is 8.50. The molecule has 3 rings (SSSR count). The van der Waals surface area contributed by atoms with Crippen molar-refractivity contribution in [3.05, 3.63) is 15.6 Å². The van der Waals surface area contributed by atoms with Crippen LogP contribution in [0.1, 0.15) is 52.5 Å². The van der Waals surface area contributed by atoms with Crippen LogP contribution in [0.5, 0.6) is 0 Å². The van der Waals surface area contributed by atoms with Crippen molar-refractivity contribution in [2.75, 3.05) is 26.7 Å². The fourth-order valence-corrected chi connectivity index (χ4v) is 5.04. The van der Waals surface area contributed by atoms with Crippen LogP contribution < -0.4 is 0 Å². The Morgan fingerprint density at radius 2 is 2.05 bits per heavy atom. The van der Waals surface area contributed by atoms with Crippen molar-refractivity contribution in [2.45, 2.75) is 52.0 Å². The minimum atomic E-state index is 0.149. The molecule has 2 saturated heterocycles. The zero-order chi connectivity index (χ0) is 15.7. The van der Waals surface area contributed by atoms with Crippen molar-refractivity contribution >= 4 is 17.2 Å². The summed E-state index contributed by atoms with van der Waals surface area (Å²) in [7, 11) is 1.96. The molecule has 0 aromatic carbocycles. The van der Waals surface area contributed by atoms with Gasteiger partial charge in [-0.15, -0.1) is 11.3 Å². The van der Waals surface area contributed by atoms with Gasteiger partial charge < -0.3 is 9.80 Å². The molecule has 122 valence electrons. The minimum Gasteiger partial charge on any atom is -0.341 e. The molecule has 3 heterocycles. The van der Waals surface area contributed by atoms with Crippen LogP contribution in [0, 0.1) is 19.8 Å². The van der Waals surface area contributed by atoms with E-state index in [0.29, 0.717) is 12.0 Å². The summed E-state index contributed by atoms with van der Waals surface area (Å²) in [5, 5.41) is 0.977. The maximum atomic E-state index is 12.7. The van der Waals surface area contributed by atoms with Crippen LogP contribution in [0.4, 0.5) is 0 Å². The Kier molecular flexibility index (Phi) is 4.83. The lowest BCUT2D eigenvalue weighted by Gasteiger charge is -2.45. The molecule has 4 nitrogen and oxygen atoms in total. The Bertz CT molecular complexity index is 540. The Hall–Kier alpha value is -0.940. The van der Waals surface area contributed by atoms with Crippen LogP contribution in [0.3, 0.4) is 0 Å². The highest BCUT2D eigenvalue weighted by Gasteiger charge is 2.34. The van der Waals surface area contributed by atoms with Gasteiger partial charge in [0.05, 0.1) is 10.7 Å². The summed E-state index contributed by atoms with van der Waals surface area (Å²) < 4.78 is 0. The van der Waals surface area contributed by atoms with Crippen molar-refractivity contribution in [3.8, 4) is 0 Å². The van der Waals surface area contributed by atoms with Gasteiger partial charge in [-0.3, -0.25) is 4.79 Å². The van der Waals surface area contributed by atoms with Crippen LogP contribution in [0.2, 0.25) is 0 Å². The first-order chi connectivity index (χ1) is 10.6. The fourth-order valence-electron chi connectivity index (χ4n) is 4.13. The summed E-state index contributed by atoms with van der Waals surface area (Å²) in [5.74, 6) is 0.786. The highest BCUT2D eigenvalue weighted by Crippen LogP contribution is 2.31. The van der Waals surface area contributed by atoms with Gasteiger partial charge >= 0.3 is 0 Å². The van der Waals surface area contributed by atoms with Gasteiger partial charge in [-0.1, -0.05) is 6.42 Å². The van der Waals surface area contributed by atoms with Crippen LogP contribution >= 0.6 is 11.3 Å². The summed E-state index contributed by atoms with van der Waals surface area (Å²) in [6, 6.07) is 0.696. The highest BCUT2D eigenvalue weighted by atomic mass is 32.1. The Labute approximate surface area is 137 Å². The number of fused-ring (bicyclic) bond motifs is 1. The largest absolute Gasteiger partial charge is 0.341 e. The number of amides is 1. The highest BCUT2D eigenvalue weighted by molar-refractivity contribution is 7.13. The smallest absolute Gasteiger partial charge is 0.265 e. The molecule has 2 aliphatic rings. The minimum absolute atomic E-state index is 0.149. The third-order valence-electron chi connectivity index (χ3n) is 5.18. The molecule has 5 heteroatoms. The van der Waals surface area contributed by atoms with Gasteiger partial charge in [0.25, 0.3) is 5.91 Å². The monoisotopic (exact) mass is 321 g/mol. The lowest BCUT2D eigenvalue weighted by atomic mass is 9.83. The van der Waals surface area contributed by atoms with Gasteiger partial charge in [0.15, 0.2) is 0 Å². The molecule has 0 bridgehead atoms. The standard InChI is InChI=1S/C17H27N3OS/c1-12-16(22-13(2)18-12)17(21)19(3)11-14-7-6-10-20-9-5-4-8-15(14)20/h14-15H,4-11H2,1-3H3. The molecule has 22 heavy (non-hydrogen) atoms. The number of carbonyl (C=O) groups is 1. The molecule has 2 unspecified atom stereocenters. The third kappa shape index (κ3) is 3.20. The molecule has 0 aliphatic carbocycles. The second-order valence-electron chi connectivity index (χ2n) is 6.83. The summed E-state index contributed by atoms with van der Waals surface area (Å²) >= 11 is 1.52. The van der Waals surface area contributed by atoms with Crippen molar-refractivity contribution in [1.82, 2.24) is 14.8 Å². The number of aryl methyl sites for hydroxylation is 2. The van der Waals surface area contributed by atoms with E-state index >= 15 is 0 Å². The molecule has 0 spiro atoms. The first kappa shape index (κ1) is 15.9. The van der Waals surface area contributed by atoms with Gasteiger partial charge in [-0.05, 0) is 58.5 Å². The quantitative estimate of drug-likeness (QED) is 0.858. The molecule has 2 fully saturated rings. The summed E-state index contributed by atoms with van der Waals surface area (Å²) in [6.07, 6.45) is 6.55. The zero-order valence-corrected chi connectivity index (χ0v) is 14.8. The van der Waals surface area contributed by atoms with E-state index in [1.165, 1.54) is 56.5 Å². The third-order valence-corrected chi connectivity index (χ3v) is 6.24. The van der Waals surface area contributed by atoms with E-state index in [1.54, 1.807) is 0 Å². The fraction of sp³-hybridized carbons (Fsp3) is 0.765. The average Bonchev–Trinajstić information content (AvgIpc) is 2.85. The van der Waals surface area contributed by atoms with Gasteiger partial charge in [-0.2, -0.15) is 0 Å². The van der Waals surface area contributed by atoms with Crippen LogP contribution in [0.15, 0.2) is 0 Å². The maximum Gasteiger partial charge on any atom is 0.265 e. The Morgan fingerprint density at radius 3 is 2.77 bits per heavy atom. The molecular weight excluding hydrogens is 294 g/mol. The number of aromatic nitrogens is 1. The van der Waals surface area contributed by atoms with E-state index < -0.39 is 0 Å². The molecule has 1 aromatic rings. The van der Waals surface area contributed by atoms with Gasteiger partial charge in [0, 0.05) is 19.6 Å². The maximum absolute atomic E-state index is 12.7. The molecule has 0 N–H and O–H groups in total. The van der Waals surface area contributed by atoms with E-state index in [1.807, 2.05) is 25.8 Å². The molecule has 1 aromatic heterocycles. The Balaban J connectivity index is 1.66. The van der Waals surface area contributed by atoms with Crippen molar-refractivity contribution in [1.29, 1.82) is 0 Å². The number of nitrogens with zero attached hydrogens (tertiary/aromatic N) is 3. The lowest BCUT2D eigenvalue weighted by molar-refractivity contribution is 0.0404. The van der Waals surface area contributed by atoms with Gasteiger partial charge in [0.1, 0.15) is 4.88 Å². The van der Waals surface area contributed by atoms with Crippen LogP contribution in [0.25, 0.3) is 0 Å². The molecule has 0 radical (unpaired) electrons. The predicted molar refractivity (Wildman–Crippen MR) is 90.5 cm³/mol. The summed E-state index contributed by atoms with van der Waals surface area (Å²) in [6.45, 7) is 7.30. The molecule has 1 amide bonds. The molecular formula is C17H27N3OS. The Morgan fingerprint density at radius 1 is 1.27 bits per heavy atom. The number of thiazole rings is 1. The lowest BCUT2D eigenvalue weighted by Crippen LogP contribution is -2.51. The predicted octanol–water partition coefficient (Wildman–Crippen LogP) is 3.10. The van der Waals surface area contributed by atoms with Crippen LogP contribution in [-0.2, 0) is 0 Å². The van der Waals surface area contributed by atoms with Gasteiger partial charge in [0.2, 0.25) is 0 Å². The van der Waals surface area contributed by atoms with Crippen LogP contribution in [-0.4, -0.2) is 53.4 Å². The average molecular weight is 321 g/mol. The van der Waals surface area contributed by atoms with E-state index in [-0.39, 0.29) is 5.91 Å². The number of rotatable bonds is 3. The van der Waals surface area contributed by atoms with Gasteiger partial charge in [-0.25, -0.2) is 4.98 Å². The second-order valence-corrected chi connectivity index (χ2v) is 8.04. The van der Waals surface area contributed by atoms with Crippen molar-refractivity contribution in [2.24, 2.45) is 5.92 Å². The number of hydrogen-bond donors (Lipinski definition) is 0. The summed E-state index contributed by atoms with van der Waals surface area (Å²) in [4.78, 5) is 22.5. The zero-order valence-electron chi connectivity index (χ0n) is 14.0. The van der Waals surface area contributed by atoms with Crippen molar-refractivity contribution in [3.63, 3.8) is 0 Å². The van der Waals surface area contributed by atoms with E-state index in [0.717, 1.165) is 22.1 Å². The number of hydrogen-bond acceptors (Lipinski definition) is 4. The second kappa shape index (κ2) is 6.67. The molecule has 2 aliphatic heterocycles. The van der Waals surface area contributed by atoms with E-state index in [2.05, 4.69) is 9.88 Å². The summed E-state index contributed by atoms with van der Waals surface area (Å²) in [5.41, 5.74) is 0.877. The normalized spacial score (nSPS) is 25.8. The number of carbonyl (C=O) groups excluding carboxylic acids is 1. The van der Waals surface area contributed by atoms with Crippen molar-refractivity contribution < 1.29 is 4.79 Å². The number of piperidine rings is 2. The topological polar surface area (TPSA) is 36.4 Å². The molecule has 2 atom stereocenters. The first-order valence-corrected chi connectivity index (χ1v) is 9.31. The van der Waals surface area contributed by atoms with E-state index in [4.69, 9.17) is 0 Å². The molecule has 0 saturated carbocycles. The SMILES string of the molecule is Cc1nc(C)c(C(=O)N(C)CC2CCCN3CCCCC23)s1.